The second-order valence-corrected chi connectivity index (χ2v) is 5.50. The monoisotopic (exact) mass is 284 g/mol. The zero-order chi connectivity index (χ0) is 13.7. The minimum Gasteiger partial charge on any atom is -0.380 e. The molecule has 19 heavy (non-hydrogen) atoms. The number of hydrogen-bond acceptors (Lipinski definition) is 4. The molecule has 0 aliphatic heterocycles. The molecule has 1 saturated carbocycles. The van der Waals surface area contributed by atoms with E-state index < -0.39 is 0 Å². The smallest absolute Gasteiger partial charge is 0.225 e. The number of aromatic amines is 1. The summed E-state index contributed by atoms with van der Waals surface area (Å²) in [4.78, 5) is 2.12. The lowest BCUT2D eigenvalue weighted by atomic mass is 9.95. The average molecular weight is 284 g/mol. The number of H-pyrrole nitrogens is 1. The van der Waals surface area contributed by atoms with Crippen LogP contribution in [0.2, 0.25) is 0 Å². The van der Waals surface area contributed by atoms with Crippen LogP contribution in [0.3, 0.4) is 0 Å². The third-order valence-corrected chi connectivity index (χ3v) is 4.03. The lowest BCUT2D eigenvalue weighted by molar-refractivity contribution is 0.154. The summed E-state index contributed by atoms with van der Waals surface area (Å²) in [6, 6.07) is 0.504. The Kier molecular flexibility index (Phi) is 5.39. The van der Waals surface area contributed by atoms with Crippen LogP contribution >= 0.6 is 12.2 Å². The lowest BCUT2D eigenvalue weighted by Crippen LogP contribution is -2.27. The van der Waals surface area contributed by atoms with E-state index in [0.29, 0.717) is 6.04 Å². The van der Waals surface area contributed by atoms with E-state index in [2.05, 4.69) is 19.7 Å². The maximum absolute atomic E-state index is 5.40. The second kappa shape index (κ2) is 7.05. The molecule has 0 bridgehead atoms. The molecule has 1 N–H and O–H groups in total. The highest BCUT2D eigenvalue weighted by Crippen LogP contribution is 2.31. The van der Waals surface area contributed by atoms with Gasteiger partial charge in [-0.05, 0) is 32.0 Å². The molecule has 1 aromatic rings. The highest BCUT2D eigenvalue weighted by atomic mass is 32.1. The van der Waals surface area contributed by atoms with Gasteiger partial charge in [0.25, 0.3) is 0 Å². The summed E-state index contributed by atoms with van der Waals surface area (Å²) in [5.74, 6) is 0.941. The fraction of sp³-hybridized carbons (Fsp3) is 0.846. The van der Waals surface area contributed by atoms with Gasteiger partial charge in [0.05, 0.1) is 6.61 Å². The first kappa shape index (κ1) is 14.5. The zero-order valence-corrected chi connectivity index (χ0v) is 12.7. The van der Waals surface area contributed by atoms with Crippen LogP contribution in [0.5, 0.6) is 0 Å². The highest BCUT2D eigenvalue weighted by molar-refractivity contribution is 7.71. The van der Waals surface area contributed by atoms with Crippen LogP contribution in [0.15, 0.2) is 0 Å². The van der Waals surface area contributed by atoms with E-state index in [1.54, 1.807) is 0 Å². The maximum atomic E-state index is 5.40. The van der Waals surface area contributed by atoms with Crippen molar-refractivity contribution in [2.45, 2.75) is 45.1 Å². The van der Waals surface area contributed by atoms with Crippen molar-refractivity contribution in [2.75, 3.05) is 31.7 Å². The SMILES string of the molecule is CCOCCN(C)c1n[nH]c(=S)n1C1CCCCC1. The van der Waals surface area contributed by atoms with Crippen molar-refractivity contribution in [3.05, 3.63) is 4.77 Å². The predicted molar refractivity (Wildman–Crippen MR) is 79.3 cm³/mol. The number of likely N-dealkylation sites (N-methyl/N-ethyl adjacent to an activating group) is 1. The Morgan fingerprint density at radius 3 is 2.84 bits per heavy atom. The first-order valence-electron chi connectivity index (χ1n) is 7.19. The van der Waals surface area contributed by atoms with Crippen LogP contribution in [0, 0.1) is 4.77 Å². The standard InChI is InChI=1S/C13H24N4OS/c1-3-18-10-9-16(2)12-14-15-13(19)17(12)11-7-5-4-6-8-11/h11H,3-10H2,1-2H3,(H,15,19). The number of nitrogens with one attached hydrogen (secondary N) is 1. The molecule has 0 radical (unpaired) electrons. The summed E-state index contributed by atoms with van der Waals surface area (Å²) in [5.41, 5.74) is 0. The van der Waals surface area contributed by atoms with E-state index in [1.165, 1.54) is 32.1 Å². The van der Waals surface area contributed by atoms with Gasteiger partial charge in [-0.1, -0.05) is 19.3 Å². The van der Waals surface area contributed by atoms with E-state index >= 15 is 0 Å². The zero-order valence-electron chi connectivity index (χ0n) is 11.9. The predicted octanol–water partition coefficient (Wildman–Crippen LogP) is 2.92. The molecule has 5 nitrogen and oxygen atoms in total. The molecule has 1 aliphatic carbocycles. The van der Waals surface area contributed by atoms with Gasteiger partial charge in [0, 0.05) is 26.2 Å². The van der Waals surface area contributed by atoms with E-state index in [0.717, 1.165) is 30.5 Å². The van der Waals surface area contributed by atoms with Crippen LogP contribution < -0.4 is 4.90 Å². The average Bonchev–Trinajstić information content (AvgIpc) is 2.82. The van der Waals surface area contributed by atoms with E-state index in [4.69, 9.17) is 17.0 Å². The summed E-state index contributed by atoms with van der Waals surface area (Å²) in [5, 5.41) is 7.32. The van der Waals surface area contributed by atoms with Gasteiger partial charge in [-0.25, -0.2) is 5.10 Å². The Labute approximate surface area is 119 Å². The van der Waals surface area contributed by atoms with Crippen molar-refractivity contribution < 1.29 is 4.74 Å². The van der Waals surface area contributed by atoms with Gasteiger partial charge in [-0.15, -0.1) is 5.10 Å². The minimum absolute atomic E-state index is 0.504. The van der Waals surface area contributed by atoms with E-state index in [1.807, 2.05) is 14.0 Å². The van der Waals surface area contributed by atoms with Gasteiger partial charge < -0.3 is 9.64 Å². The van der Waals surface area contributed by atoms with Gasteiger partial charge in [0.1, 0.15) is 0 Å². The minimum atomic E-state index is 0.504. The maximum Gasteiger partial charge on any atom is 0.225 e. The van der Waals surface area contributed by atoms with Crippen molar-refractivity contribution in [1.82, 2.24) is 14.8 Å². The Bertz CT molecular complexity index is 436. The molecule has 0 spiro atoms. The molecule has 1 fully saturated rings. The number of rotatable bonds is 6. The first-order valence-corrected chi connectivity index (χ1v) is 7.60. The van der Waals surface area contributed by atoms with Crippen molar-refractivity contribution in [3.8, 4) is 0 Å². The molecule has 0 unspecified atom stereocenters. The van der Waals surface area contributed by atoms with Crippen molar-refractivity contribution in [3.63, 3.8) is 0 Å². The van der Waals surface area contributed by atoms with E-state index in [-0.39, 0.29) is 0 Å². The summed E-state index contributed by atoms with van der Waals surface area (Å²) in [7, 11) is 2.04. The van der Waals surface area contributed by atoms with Gasteiger partial charge in [-0.3, -0.25) is 4.57 Å². The number of nitrogens with zero attached hydrogens (tertiary/aromatic N) is 3. The molecular weight excluding hydrogens is 260 g/mol. The van der Waals surface area contributed by atoms with Crippen LogP contribution in [-0.4, -0.2) is 41.6 Å². The largest absolute Gasteiger partial charge is 0.380 e. The quantitative estimate of drug-likeness (QED) is 0.644. The third-order valence-electron chi connectivity index (χ3n) is 3.74. The highest BCUT2D eigenvalue weighted by Gasteiger charge is 2.21. The fourth-order valence-electron chi connectivity index (χ4n) is 2.68. The lowest BCUT2D eigenvalue weighted by Gasteiger charge is -2.27. The Hall–Kier alpha value is -0.880. The summed E-state index contributed by atoms with van der Waals surface area (Å²) in [6.45, 7) is 4.32. The number of hydrogen-bond donors (Lipinski definition) is 1. The normalized spacial score (nSPS) is 16.7. The van der Waals surface area contributed by atoms with Gasteiger partial charge in [-0.2, -0.15) is 0 Å². The Morgan fingerprint density at radius 1 is 1.42 bits per heavy atom. The number of anilines is 1. The molecule has 0 aromatic carbocycles. The third kappa shape index (κ3) is 3.57. The molecule has 0 saturated heterocycles. The van der Waals surface area contributed by atoms with Crippen molar-refractivity contribution >= 4 is 18.2 Å². The van der Waals surface area contributed by atoms with Gasteiger partial charge in [0.2, 0.25) is 5.95 Å². The van der Waals surface area contributed by atoms with Gasteiger partial charge in [0.15, 0.2) is 4.77 Å². The van der Waals surface area contributed by atoms with Gasteiger partial charge >= 0.3 is 0 Å². The van der Waals surface area contributed by atoms with Crippen molar-refractivity contribution in [2.24, 2.45) is 0 Å². The van der Waals surface area contributed by atoms with Crippen LogP contribution in [0.25, 0.3) is 0 Å². The van der Waals surface area contributed by atoms with Crippen LogP contribution in [-0.2, 0) is 4.74 Å². The molecule has 6 heteroatoms. The molecule has 0 atom stereocenters. The van der Waals surface area contributed by atoms with E-state index in [9.17, 15) is 0 Å². The number of aromatic nitrogens is 3. The Morgan fingerprint density at radius 2 is 2.16 bits per heavy atom. The molecule has 2 rings (SSSR count). The molecule has 1 heterocycles. The Balaban J connectivity index is 2.09. The fourth-order valence-corrected chi connectivity index (χ4v) is 2.96. The molecule has 0 amide bonds. The molecule has 1 aromatic heterocycles. The summed E-state index contributed by atoms with van der Waals surface area (Å²) >= 11 is 5.40. The summed E-state index contributed by atoms with van der Waals surface area (Å²) in [6.07, 6.45) is 6.34. The molecule has 1 aliphatic rings. The molecular formula is C13H24N4OS. The second-order valence-electron chi connectivity index (χ2n) is 5.11. The topological polar surface area (TPSA) is 46.1 Å². The van der Waals surface area contributed by atoms with Crippen LogP contribution in [0.4, 0.5) is 5.95 Å². The first-order chi connectivity index (χ1) is 9.24. The van der Waals surface area contributed by atoms with Crippen LogP contribution in [0.1, 0.15) is 45.1 Å². The molecule has 108 valence electrons. The van der Waals surface area contributed by atoms with Crippen molar-refractivity contribution in [1.29, 1.82) is 0 Å². The summed E-state index contributed by atoms with van der Waals surface area (Å²) < 4.78 is 8.34. The number of ether oxygens (including phenoxy) is 1.